The number of fused-ring (bicyclic) bond motifs is 1. The molecule has 3 aromatic rings. The fraction of sp³-hybridized carbons (Fsp3) is 0.200. The molecule has 1 N–H and O–H groups in total. The lowest BCUT2D eigenvalue weighted by atomic mass is 10.1. The van der Waals surface area contributed by atoms with Crippen molar-refractivity contribution in [2.75, 3.05) is 10.3 Å². The number of hydrogen-bond donors (Lipinski definition) is 1. The number of nitrogens with zero attached hydrogens (tertiary/aromatic N) is 3. The Morgan fingerprint density at radius 2 is 1.93 bits per heavy atom. The number of rotatable bonds is 4. The minimum atomic E-state index is -0.516. The molecule has 1 unspecified atom stereocenters. The van der Waals surface area contributed by atoms with Crippen molar-refractivity contribution in [1.82, 2.24) is 4.57 Å². The Balaban J connectivity index is 1.59. The average molecular weight is 378 g/mol. The van der Waals surface area contributed by atoms with E-state index in [1.165, 1.54) is 11.5 Å². The van der Waals surface area contributed by atoms with Gasteiger partial charge in [-0.3, -0.25) is 19.2 Å². The average Bonchev–Trinajstić information content (AvgIpc) is 3.25. The highest BCUT2D eigenvalue weighted by Crippen LogP contribution is 2.26. The Morgan fingerprint density at radius 1 is 1.18 bits per heavy atom. The SMILES string of the molecule is CC(=O)C1CC(C(=O)Nc2ccc3c(c2)oc(=O)n3C)=NN1c1ccccc1. The summed E-state index contributed by atoms with van der Waals surface area (Å²) in [6.07, 6.45) is 0.221. The van der Waals surface area contributed by atoms with E-state index < -0.39 is 17.7 Å². The van der Waals surface area contributed by atoms with Crippen LogP contribution >= 0.6 is 0 Å². The maximum atomic E-state index is 12.7. The van der Waals surface area contributed by atoms with Gasteiger partial charge in [0.2, 0.25) is 0 Å². The van der Waals surface area contributed by atoms with E-state index >= 15 is 0 Å². The zero-order chi connectivity index (χ0) is 19.8. The van der Waals surface area contributed by atoms with Gasteiger partial charge in [-0.05, 0) is 31.2 Å². The standard InChI is InChI=1S/C20H18N4O4/c1-12(25)17-11-15(22-24(17)14-6-4-3-5-7-14)19(26)21-13-8-9-16-18(10-13)28-20(27)23(16)2/h3-10,17H,11H2,1-2H3,(H,21,26). The van der Waals surface area contributed by atoms with Gasteiger partial charge in [0.1, 0.15) is 11.8 Å². The van der Waals surface area contributed by atoms with Crippen LogP contribution in [-0.4, -0.2) is 28.0 Å². The van der Waals surface area contributed by atoms with Gasteiger partial charge in [-0.25, -0.2) is 4.79 Å². The number of hydrazone groups is 1. The summed E-state index contributed by atoms with van der Waals surface area (Å²) in [5.41, 5.74) is 2.50. The number of amides is 1. The third-order valence-electron chi connectivity index (χ3n) is 4.71. The molecule has 0 spiro atoms. The molecule has 1 amide bonds. The molecule has 0 fully saturated rings. The van der Waals surface area contributed by atoms with Crippen LogP contribution in [0.15, 0.2) is 62.8 Å². The molecular formula is C20H18N4O4. The molecule has 8 nitrogen and oxygen atoms in total. The van der Waals surface area contributed by atoms with Crippen molar-refractivity contribution in [1.29, 1.82) is 0 Å². The molecule has 2 heterocycles. The summed E-state index contributed by atoms with van der Waals surface area (Å²) in [6, 6.07) is 13.7. The number of anilines is 2. The highest BCUT2D eigenvalue weighted by atomic mass is 16.4. The van der Waals surface area contributed by atoms with E-state index in [0.717, 1.165) is 5.69 Å². The lowest BCUT2D eigenvalue weighted by Crippen LogP contribution is -2.33. The molecule has 142 valence electrons. The maximum absolute atomic E-state index is 12.7. The van der Waals surface area contributed by atoms with Gasteiger partial charge in [0.05, 0.1) is 11.2 Å². The van der Waals surface area contributed by atoms with Gasteiger partial charge >= 0.3 is 5.76 Å². The summed E-state index contributed by atoms with van der Waals surface area (Å²) in [5, 5.41) is 8.71. The fourth-order valence-corrected chi connectivity index (χ4v) is 3.20. The third kappa shape index (κ3) is 3.09. The van der Waals surface area contributed by atoms with Crippen molar-refractivity contribution in [2.45, 2.75) is 19.4 Å². The number of oxazole rings is 1. The third-order valence-corrected chi connectivity index (χ3v) is 4.71. The summed E-state index contributed by atoms with van der Waals surface area (Å²) in [5.74, 6) is -0.938. The van der Waals surface area contributed by atoms with E-state index in [4.69, 9.17) is 4.42 Å². The Labute approximate surface area is 160 Å². The molecule has 0 radical (unpaired) electrons. The molecule has 1 aromatic heterocycles. The highest BCUT2D eigenvalue weighted by Gasteiger charge is 2.34. The number of para-hydroxylation sites is 1. The lowest BCUT2D eigenvalue weighted by Gasteiger charge is -2.20. The quantitative estimate of drug-likeness (QED) is 0.751. The number of ketones is 1. The van der Waals surface area contributed by atoms with Crippen LogP contribution in [0.1, 0.15) is 13.3 Å². The van der Waals surface area contributed by atoms with Crippen LogP contribution in [0.4, 0.5) is 11.4 Å². The van der Waals surface area contributed by atoms with Crippen LogP contribution in [0.5, 0.6) is 0 Å². The first-order valence-corrected chi connectivity index (χ1v) is 8.77. The van der Waals surface area contributed by atoms with Crippen LogP contribution in [-0.2, 0) is 16.6 Å². The van der Waals surface area contributed by atoms with Crippen LogP contribution in [0.2, 0.25) is 0 Å². The van der Waals surface area contributed by atoms with Crippen molar-refractivity contribution < 1.29 is 14.0 Å². The second-order valence-electron chi connectivity index (χ2n) is 6.62. The lowest BCUT2D eigenvalue weighted by molar-refractivity contribution is -0.118. The first-order chi connectivity index (χ1) is 13.4. The zero-order valence-electron chi connectivity index (χ0n) is 15.4. The van der Waals surface area contributed by atoms with E-state index in [-0.39, 0.29) is 17.9 Å². The van der Waals surface area contributed by atoms with Gasteiger partial charge in [0, 0.05) is 25.2 Å². The van der Waals surface area contributed by atoms with Gasteiger partial charge in [-0.2, -0.15) is 5.10 Å². The molecule has 28 heavy (non-hydrogen) atoms. The van der Waals surface area contributed by atoms with Crippen LogP contribution in [0.3, 0.4) is 0 Å². The molecule has 0 saturated carbocycles. The Kier molecular flexibility index (Phi) is 4.31. The number of nitrogens with one attached hydrogen (secondary N) is 1. The number of Topliss-reactive ketones (excluding diaryl/α,β-unsaturated/α-hetero) is 1. The monoisotopic (exact) mass is 378 g/mol. The largest absolute Gasteiger partial charge is 0.419 e. The van der Waals surface area contributed by atoms with E-state index in [1.807, 2.05) is 30.3 Å². The van der Waals surface area contributed by atoms with Crippen molar-refractivity contribution >= 4 is 39.9 Å². The number of hydrogen-bond acceptors (Lipinski definition) is 6. The van der Waals surface area contributed by atoms with E-state index in [0.29, 0.717) is 16.8 Å². The molecule has 0 aliphatic carbocycles. The predicted octanol–water partition coefficient (Wildman–Crippen LogP) is 2.29. The Bertz CT molecular complexity index is 1160. The molecule has 8 heteroatoms. The molecule has 0 bridgehead atoms. The van der Waals surface area contributed by atoms with Crippen molar-refractivity contribution in [2.24, 2.45) is 12.1 Å². The second-order valence-corrected chi connectivity index (χ2v) is 6.62. The normalized spacial score (nSPS) is 16.3. The van der Waals surface area contributed by atoms with Crippen molar-refractivity contribution in [3.63, 3.8) is 0 Å². The summed E-state index contributed by atoms with van der Waals surface area (Å²) < 4.78 is 6.53. The number of benzene rings is 2. The molecule has 1 aliphatic heterocycles. The van der Waals surface area contributed by atoms with Gasteiger partial charge < -0.3 is 9.73 Å². The van der Waals surface area contributed by atoms with E-state index in [1.54, 1.807) is 30.3 Å². The first-order valence-electron chi connectivity index (χ1n) is 8.77. The van der Waals surface area contributed by atoms with Crippen LogP contribution < -0.4 is 16.1 Å². The van der Waals surface area contributed by atoms with Gasteiger partial charge in [0.25, 0.3) is 5.91 Å². The minimum Gasteiger partial charge on any atom is -0.408 e. The summed E-state index contributed by atoms with van der Waals surface area (Å²) >= 11 is 0. The van der Waals surface area contributed by atoms with Crippen molar-refractivity contribution in [3.8, 4) is 0 Å². The molecular weight excluding hydrogens is 360 g/mol. The molecule has 2 aromatic carbocycles. The molecule has 1 aliphatic rings. The summed E-state index contributed by atoms with van der Waals surface area (Å²) in [6.45, 7) is 1.49. The van der Waals surface area contributed by atoms with Crippen molar-refractivity contribution in [3.05, 3.63) is 59.1 Å². The number of aryl methyl sites for hydroxylation is 1. The molecule has 4 rings (SSSR count). The fourth-order valence-electron chi connectivity index (χ4n) is 3.20. The first kappa shape index (κ1) is 17.7. The van der Waals surface area contributed by atoms with E-state index in [2.05, 4.69) is 10.4 Å². The molecule has 0 saturated heterocycles. The predicted molar refractivity (Wildman–Crippen MR) is 106 cm³/mol. The zero-order valence-corrected chi connectivity index (χ0v) is 15.4. The Hall–Kier alpha value is -3.68. The van der Waals surface area contributed by atoms with Gasteiger partial charge in [-0.1, -0.05) is 18.2 Å². The van der Waals surface area contributed by atoms with Gasteiger partial charge in [-0.15, -0.1) is 0 Å². The summed E-state index contributed by atoms with van der Waals surface area (Å²) in [7, 11) is 1.61. The second kappa shape index (κ2) is 6.80. The minimum absolute atomic E-state index is 0.0668. The number of carbonyl (C=O) groups excluding carboxylic acids is 2. The van der Waals surface area contributed by atoms with Crippen LogP contribution in [0.25, 0.3) is 11.1 Å². The highest BCUT2D eigenvalue weighted by molar-refractivity contribution is 6.44. The summed E-state index contributed by atoms with van der Waals surface area (Å²) in [4.78, 5) is 36.3. The number of aromatic nitrogens is 1. The van der Waals surface area contributed by atoms with Crippen LogP contribution in [0, 0.1) is 0 Å². The maximum Gasteiger partial charge on any atom is 0.419 e. The topological polar surface area (TPSA) is 96.9 Å². The number of carbonyl (C=O) groups is 2. The van der Waals surface area contributed by atoms with E-state index in [9.17, 15) is 14.4 Å². The molecule has 1 atom stereocenters. The smallest absolute Gasteiger partial charge is 0.408 e. The van der Waals surface area contributed by atoms with Gasteiger partial charge in [0.15, 0.2) is 11.4 Å². The Morgan fingerprint density at radius 3 is 2.64 bits per heavy atom.